The summed E-state index contributed by atoms with van der Waals surface area (Å²) in [5.74, 6) is -1.30. The molecule has 2 aromatic carbocycles. The van der Waals surface area contributed by atoms with E-state index in [1.54, 1.807) is 12.1 Å². The fourth-order valence-electron chi connectivity index (χ4n) is 1.83. The van der Waals surface area contributed by atoms with Gasteiger partial charge in [0.2, 0.25) is 0 Å². The van der Waals surface area contributed by atoms with Gasteiger partial charge in [0.25, 0.3) is 15.9 Å². The summed E-state index contributed by atoms with van der Waals surface area (Å²) in [5, 5.41) is 18.1. The quantitative estimate of drug-likeness (QED) is 0.348. The highest BCUT2D eigenvalue weighted by molar-refractivity contribution is 7.92. The molecule has 0 fully saturated rings. The summed E-state index contributed by atoms with van der Waals surface area (Å²) in [6.45, 7) is 0. The molecule has 4 N–H and O–H groups in total. The molecule has 0 bridgehead atoms. The molecule has 0 unspecified atom stereocenters. The van der Waals surface area contributed by atoms with E-state index in [1.165, 1.54) is 29.8 Å². The number of nitrogens with one attached hydrogen (secondary N) is 2. The number of carbonyl (C=O) groups is 1. The van der Waals surface area contributed by atoms with Gasteiger partial charge in [-0.2, -0.15) is 0 Å². The number of halogens is 2. The molecule has 0 aliphatic carbocycles. The maximum atomic E-state index is 12.4. The molecule has 0 heterocycles. The van der Waals surface area contributed by atoms with Crippen molar-refractivity contribution in [3.63, 3.8) is 0 Å². The fourth-order valence-corrected chi connectivity index (χ4v) is 3.65. The van der Waals surface area contributed by atoms with Crippen LogP contribution in [0.2, 0.25) is 10.0 Å². The Labute approximate surface area is 153 Å². The number of amides is 1. The second-order valence-corrected chi connectivity index (χ2v) is 7.27. The van der Waals surface area contributed by atoms with Crippen molar-refractivity contribution in [1.82, 2.24) is 5.48 Å². The Balaban J connectivity index is 2.24. The van der Waals surface area contributed by atoms with Crippen molar-refractivity contribution in [2.75, 3.05) is 4.72 Å². The summed E-state index contributed by atoms with van der Waals surface area (Å²) in [4.78, 5) is 10.4. The molecule has 2 rings (SSSR count). The van der Waals surface area contributed by atoms with Crippen molar-refractivity contribution in [3.8, 4) is 5.75 Å². The standard InChI is InChI=1S/C15H12Cl2N2O5S/c16-10-7-12(17)15(21)13(8-10)25(23,24)19-11-4-1-9(2-5-11)3-6-14(20)18-22/h1-8,19,21-22H,(H,18,20)/b6-3+. The normalized spacial score (nSPS) is 11.5. The number of carbonyl (C=O) groups excluding carboxylic acids is 1. The number of phenols is 1. The Kier molecular flexibility index (Phi) is 5.91. The maximum absolute atomic E-state index is 12.4. The summed E-state index contributed by atoms with van der Waals surface area (Å²) in [6, 6.07) is 8.30. The van der Waals surface area contributed by atoms with Crippen molar-refractivity contribution < 1.29 is 23.5 Å². The van der Waals surface area contributed by atoms with Crippen LogP contribution in [0.25, 0.3) is 6.08 Å². The van der Waals surface area contributed by atoms with E-state index in [0.29, 0.717) is 5.56 Å². The maximum Gasteiger partial charge on any atom is 0.267 e. The van der Waals surface area contributed by atoms with Gasteiger partial charge < -0.3 is 5.11 Å². The smallest absolute Gasteiger partial charge is 0.267 e. The van der Waals surface area contributed by atoms with Crippen LogP contribution < -0.4 is 10.2 Å². The molecular formula is C15H12Cl2N2O5S. The number of rotatable bonds is 5. The van der Waals surface area contributed by atoms with Gasteiger partial charge in [-0.05, 0) is 35.9 Å². The largest absolute Gasteiger partial charge is 0.505 e. The Morgan fingerprint density at radius 2 is 1.76 bits per heavy atom. The van der Waals surface area contributed by atoms with E-state index in [4.69, 9.17) is 28.4 Å². The van der Waals surface area contributed by atoms with Crippen LogP contribution >= 0.6 is 23.2 Å². The first-order valence-corrected chi connectivity index (χ1v) is 8.90. The molecule has 0 saturated carbocycles. The van der Waals surface area contributed by atoms with Crippen LogP contribution in [-0.2, 0) is 14.8 Å². The zero-order valence-corrected chi connectivity index (χ0v) is 14.7. The Morgan fingerprint density at radius 1 is 1.12 bits per heavy atom. The number of aromatic hydroxyl groups is 1. The van der Waals surface area contributed by atoms with Crippen molar-refractivity contribution in [2.24, 2.45) is 0 Å². The van der Waals surface area contributed by atoms with Gasteiger partial charge in [-0.1, -0.05) is 35.3 Å². The lowest BCUT2D eigenvalue weighted by Crippen LogP contribution is -2.14. The molecule has 1 amide bonds. The number of benzene rings is 2. The number of hydrogen-bond acceptors (Lipinski definition) is 5. The molecule has 0 aliphatic heterocycles. The summed E-state index contributed by atoms with van der Waals surface area (Å²) in [7, 11) is -4.12. The van der Waals surface area contributed by atoms with Gasteiger partial charge in [0, 0.05) is 16.8 Å². The van der Waals surface area contributed by atoms with Crippen molar-refractivity contribution in [2.45, 2.75) is 4.90 Å². The summed E-state index contributed by atoms with van der Waals surface area (Å²) in [6.07, 6.45) is 2.53. The van der Waals surface area contributed by atoms with Crippen LogP contribution in [0.1, 0.15) is 5.56 Å². The predicted octanol–water partition coefficient (Wildman–Crippen LogP) is 3.02. The van der Waals surface area contributed by atoms with E-state index in [0.717, 1.165) is 12.1 Å². The van der Waals surface area contributed by atoms with Gasteiger partial charge in [0.1, 0.15) is 4.90 Å². The van der Waals surface area contributed by atoms with Crippen molar-refractivity contribution >= 4 is 50.9 Å². The number of hydrogen-bond donors (Lipinski definition) is 4. The van der Waals surface area contributed by atoms with E-state index in [-0.39, 0.29) is 15.7 Å². The van der Waals surface area contributed by atoms with E-state index >= 15 is 0 Å². The monoisotopic (exact) mass is 402 g/mol. The molecule has 0 radical (unpaired) electrons. The lowest BCUT2D eigenvalue weighted by atomic mass is 10.2. The highest BCUT2D eigenvalue weighted by atomic mass is 35.5. The van der Waals surface area contributed by atoms with Gasteiger partial charge in [-0.15, -0.1) is 0 Å². The summed E-state index contributed by atoms with van der Waals surface area (Å²) < 4.78 is 27.0. The van der Waals surface area contributed by atoms with E-state index in [2.05, 4.69) is 4.72 Å². The second-order valence-electron chi connectivity index (χ2n) is 4.77. The fraction of sp³-hybridized carbons (Fsp3) is 0. The second kappa shape index (κ2) is 7.75. The molecular weight excluding hydrogens is 391 g/mol. The van der Waals surface area contributed by atoms with Crippen LogP contribution in [0.4, 0.5) is 5.69 Å². The topological polar surface area (TPSA) is 116 Å². The minimum absolute atomic E-state index is 0.0609. The van der Waals surface area contributed by atoms with Crippen LogP contribution in [0.3, 0.4) is 0 Å². The third kappa shape index (κ3) is 4.86. The van der Waals surface area contributed by atoms with Gasteiger partial charge >= 0.3 is 0 Å². The highest BCUT2D eigenvalue weighted by Crippen LogP contribution is 2.35. The van der Waals surface area contributed by atoms with Crippen LogP contribution in [-0.4, -0.2) is 24.6 Å². The number of sulfonamides is 1. The Hall–Kier alpha value is -2.26. The summed E-state index contributed by atoms with van der Waals surface area (Å²) in [5.41, 5.74) is 2.27. The van der Waals surface area contributed by atoms with E-state index < -0.39 is 26.6 Å². The Morgan fingerprint density at radius 3 is 2.36 bits per heavy atom. The SMILES string of the molecule is O=C(/C=C/c1ccc(NS(=O)(=O)c2cc(Cl)cc(Cl)c2O)cc1)NO. The molecule has 0 aliphatic rings. The van der Waals surface area contributed by atoms with Crippen molar-refractivity contribution in [1.29, 1.82) is 0 Å². The molecule has 0 aromatic heterocycles. The molecule has 0 spiro atoms. The van der Waals surface area contributed by atoms with E-state index in [1.807, 2.05) is 0 Å². The minimum atomic E-state index is -4.12. The highest BCUT2D eigenvalue weighted by Gasteiger charge is 2.21. The lowest BCUT2D eigenvalue weighted by molar-refractivity contribution is -0.124. The lowest BCUT2D eigenvalue weighted by Gasteiger charge is -2.11. The van der Waals surface area contributed by atoms with Gasteiger partial charge in [-0.3, -0.25) is 14.7 Å². The summed E-state index contributed by atoms with van der Waals surface area (Å²) >= 11 is 11.5. The molecule has 0 saturated heterocycles. The molecule has 7 nitrogen and oxygen atoms in total. The molecule has 25 heavy (non-hydrogen) atoms. The Bertz CT molecular complexity index is 928. The molecule has 10 heteroatoms. The predicted molar refractivity (Wildman–Crippen MR) is 94.3 cm³/mol. The van der Waals surface area contributed by atoms with Crippen LogP contribution in [0.5, 0.6) is 5.75 Å². The molecule has 0 atom stereocenters. The van der Waals surface area contributed by atoms with Crippen LogP contribution in [0, 0.1) is 0 Å². The first-order valence-electron chi connectivity index (χ1n) is 6.66. The average Bonchev–Trinajstić information content (AvgIpc) is 2.56. The number of phenolic OH excluding ortho intramolecular Hbond substituents is 1. The third-order valence-electron chi connectivity index (χ3n) is 2.98. The number of hydroxylamine groups is 1. The van der Waals surface area contributed by atoms with Gasteiger partial charge in [0.15, 0.2) is 5.75 Å². The van der Waals surface area contributed by atoms with Crippen molar-refractivity contribution in [3.05, 3.63) is 58.1 Å². The van der Waals surface area contributed by atoms with E-state index in [9.17, 15) is 18.3 Å². The van der Waals surface area contributed by atoms with Crippen LogP contribution in [0.15, 0.2) is 47.4 Å². The zero-order chi connectivity index (χ0) is 18.6. The number of anilines is 1. The average molecular weight is 403 g/mol. The molecule has 132 valence electrons. The molecule has 2 aromatic rings. The zero-order valence-electron chi connectivity index (χ0n) is 12.4. The minimum Gasteiger partial charge on any atom is -0.505 e. The first-order chi connectivity index (χ1) is 11.7. The third-order valence-corrected chi connectivity index (χ3v) is 4.88. The van der Waals surface area contributed by atoms with Gasteiger partial charge in [0.05, 0.1) is 5.02 Å². The van der Waals surface area contributed by atoms with Gasteiger partial charge in [-0.25, -0.2) is 13.9 Å². The first kappa shape index (κ1) is 19.1.